The van der Waals surface area contributed by atoms with Crippen LogP contribution in [-0.2, 0) is 4.74 Å². The van der Waals surface area contributed by atoms with Gasteiger partial charge in [0.25, 0.3) is 0 Å². The van der Waals surface area contributed by atoms with E-state index in [0.29, 0.717) is 13.1 Å². The number of amides is 1. The van der Waals surface area contributed by atoms with Crippen molar-refractivity contribution in [2.75, 3.05) is 13.1 Å². The molecule has 2 unspecified atom stereocenters. The Morgan fingerprint density at radius 1 is 1.09 bits per heavy atom. The molecule has 0 aromatic carbocycles. The highest BCUT2D eigenvalue weighted by Crippen LogP contribution is 2.21. The lowest BCUT2D eigenvalue weighted by molar-refractivity contribution is -0.139. The summed E-state index contributed by atoms with van der Waals surface area (Å²) in [5.41, 5.74) is -0.573. The molecule has 0 aliphatic rings. The SMILES string of the molecule is CC(CC(F)(F)F)NCC(CNC(=O)OC(C)(C)C)C(C)C. The molecule has 0 heterocycles. The van der Waals surface area contributed by atoms with Crippen LogP contribution in [0.3, 0.4) is 0 Å². The van der Waals surface area contributed by atoms with E-state index in [9.17, 15) is 18.0 Å². The summed E-state index contributed by atoms with van der Waals surface area (Å²) in [5.74, 6) is 0.253. The van der Waals surface area contributed by atoms with E-state index in [-0.39, 0.29) is 11.8 Å². The number of hydrogen-bond acceptors (Lipinski definition) is 3. The number of ether oxygens (including phenoxy) is 1. The Hall–Kier alpha value is -0.980. The molecule has 0 fully saturated rings. The Kier molecular flexibility index (Phi) is 8.22. The predicted molar refractivity (Wildman–Crippen MR) is 80.7 cm³/mol. The molecule has 4 nitrogen and oxygen atoms in total. The minimum absolute atomic E-state index is 0.0307. The zero-order valence-corrected chi connectivity index (χ0v) is 14.3. The second-order valence-corrected chi connectivity index (χ2v) is 7.02. The quantitative estimate of drug-likeness (QED) is 0.750. The summed E-state index contributed by atoms with van der Waals surface area (Å²) < 4.78 is 42.0. The van der Waals surface area contributed by atoms with Crippen molar-refractivity contribution < 1.29 is 22.7 Å². The molecule has 0 rings (SSSR count). The van der Waals surface area contributed by atoms with Gasteiger partial charge in [0.2, 0.25) is 0 Å². The van der Waals surface area contributed by atoms with Crippen molar-refractivity contribution in [1.29, 1.82) is 0 Å². The van der Waals surface area contributed by atoms with E-state index in [4.69, 9.17) is 4.74 Å². The van der Waals surface area contributed by atoms with E-state index in [1.54, 1.807) is 20.8 Å². The van der Waals surface area contributed by atoms with Crippen molar-refractivity contribution in [3.05, 3.63) is 0 Å². The van der Waals surface area contributed by atoms with Crippen molar-refractivity contribution in [1.82, 2.24) is 10.6 Å². The summed E-state index contributed by atoms with van der Waals surface area (Å²) in [7, 11) is 0. The molecule has 0 aliphatic carbocycles. The van der Waals surface area contributed by atoms with Gasteiger partial charge in [0.1, 0.15) is 5.60 Å². The van der Waals surface area contributed by atoms with Crippen LogP contribution in [-0.4, -0.2) is 37.0 Å². The Bertz CT molecular complexity index is 339. The summed E-state index contributed by atoms with van der Waals surface area (Å²) in [6.45, 7) is 11.5. The molecule has 132 valence electrons. The van der Waals surface area contributed by atoms with Crippen LogP contribution in [0.15, 0.2) is 0 Å². The number of carbonyl (C=O) groups is 1. The van der Waals surface area contributed by atoms with Crippen LogP contribution in [0, 0.1) is 11.8 Å². The third-order valence-corrected chi connectivity index (χ3v) is 3.12. The molecule has 0 radical (unpaired) electrons. The van der Waals surface area contributed by atoms with E-state index in [1.165, 1.54) is 6.92 Å². The largest absolute Gasteiger partial charge is 0.444 e. The third-order valence-electron chi connectivity index (χ3n) is 3.12. The van der Waals surface area contributed by atoms with Gasteiger partial charge in [0, 0.05) is 19.1 Å². The van der Waals surface area contributed by atoms with Gasteiger partial charge in [-0.05, 0) is 39.5 Å². The first-order valence-electron chi connectivity index (χ1n) is 7.57. The average molecular weight is 326 g/mol. The van der Waals surface area contributed by atoms with Crippen LogP contribution in [0.2, 0.25) is 0 Å². The first-order chi connectivity index (χ1) is 9.80. The van der Waals surface area contributed by atoms with E-state index in [1.807, 2.05) is 13.8 Å². The monoisotopic (exact) mass is 326 g/mol. The van der Waals surface area contributed by atoms with Crippen LogP contribution in [0.1, 0.15) is 48.0 Å². The number of hydrogen-bond donors (Lipinski definition) is 2. The first kappa shape index (κ1) is 21.0. The molecular weight excluding hydrogens is 297 g/mol. The number of nitrogens with one attached hydrogen (secondary N) is 2. The molecule has 0 spiro atoms. The lowest BCUT2D eigenvalue weighted by Gasteiger charge is -2.26. The van der Waals surface area contributed by atoms with Gasteiger partial charge in [0.05, 0.1) is 6.42 Å². The van der Waals surface area contributed by atoms with Crippen molar-refractivity contribution in [3.8, 4) is 0 Å². The second kappa shape index (κ2) is 8.60. The van der Waals surface area contributed by atoms with E-state index in [0.717, 1.165) is 0 Å². The number of halogens is 3. The Morgan fingerprint density at radius 3 is 2.05 bits per heavy atom. The van der Waals surface area contributed by atoms with Crippen molar-refractivity contribution >= 4 is 6.09 Å². The lowest BCUT2D eigenvalue weighted by Crippen LogP contribution is -2.42. The minimum Gasteiger partial charge on any atom is -0.444 e. The minimum atomic E-state index is -4.17. The molecule has 22 heavy (non-hydrogen) atoms. The fourth-order valence-electron chi connectivity index (χ4n) is 1.84. The highest BCUT2D eigenvalue weighted by Gasteiger charge is 2.30. The summed E-state index contributed by atoms with van der Waals surface area (Å²) >= 11 is 0. The maximum Gasteiger partial charge on any atom is 0.407 e. The highest BCUT2D eigenvalue weighted by atomic mass is 19.4. The van der Waals surface area contributed by atoms with Crippen molar-refractivity contribution in [2.45, 2.75) is 65.8 Å². The number of alkyl halides is 3. The summed E-state index contributed by atoms with van der Waals surface area (Å²) in [6.07, 6.45) is -5.55. The molecule has 2 atom stereocenters. The van der Waals surface area contributed by atoms with E-state index < -0.39 is 30.3 Å². The van der Waals surface area contributed by atoms with E-state index >= 15 is 0 Å². The lowest BCUT2D eigenvalue weighted by atomic mass is 9.95. The zero-order valence-electron chi connectivity index (χ0n) is 14.3. The number of alkyl carbamates (subject to hydrolysis) is 1. The maximum atomic E-state index is 12.3. The van der Waals surface area contributed by atoms with Gasteiger partial charge in [-0.3, -0.25) is 0 Å². The van der Waals surface area contributed by atoms with Crippen LogP contribution in [0.4, 0.5) is 18.0 Å². The van der Waals surface area contributed by atoms with Crippen LogP contribution >= 0.6 is 0 Å². The summed E-state index contributed by atoms with van der Waals surface area (Å²) in [5, 5.41) is 5.55. The second-order valence-electron chi connectivity index (χ2n) is 7.02. The topological polar surface area (TPSA) is 50.4 Å². The molecule has 2 N–H and O–H groups in total. The molecule has 0 bridgehead atoms. The predicted octanol–water partition coefficient (Wildman–Crippen LogP) is 3.71. The number of rotatable bonds is 7. The van der Waals surface area contributed by atoms with Gasteiger partial charge in [-0.2, -0.15) is 13.2 Å². The van der Waals surface area contributed by atoms with Gasteiger partial charge in [-0.1, -0.05) is 13.8 Å². The van der Waals surface area contributed by atoms with Gasteiger partial charge in [-0.25, -0.2) is 4.79 Å². The molecule has 0 saturated heterocycles. The average Bonchev–Trinajstić information content (AvgIpc) is 2.23. The highest BCUT2D eigenvalue weighted by molar-refractivity contribution is 5.67. The molecule has 0 aliphatic heterocycles. The zero-order chi connectivity index (χ0) is 17.6. The Morgan fingerprint density at radius 2 is 1.64 bits per heavy atom. The molecule has 0 saturated carbocycles. The molecular formula is C15H29F3N2O2. The van der Waals surface area contributed by atoms with Gasteiger partial charge < -0.3 is 15.4 Å². The van der Waals surface area contributed by atoms with Gasteiger partial charge >= 0.3 is 12.3 Å². The fraction of sp³-hybridized carbons (Fsp3) is 0.933. The normalized spacial score (nSPS) is 15.5. The Balaban J connectivity index is 4.25. The summed E-state index contributed by atoms with van der Waals surface area (Å²) in [4.78, 5) is 11.6. The molecule has 7 heteroatoms. The van der Waals surface area contributed by atoms with Crippen LogP contribution in [0.5, 0.6) is 0 Å². The van der Waals surface area contributed by atoms with Gasteiger partial charge in [-0.15, -0.1) is 0 Å². The maximum absolute atomic E-state index is 12.3. The first-order valence-corrected chi connectivity index (χ1v) is 7.57. The molecule has 0 aromatic rings. The number of carbonyl (C=O) groups excluding carboxylic acids is 1. The standard InChI is InChI=1S/C15H29F3N2O2/c1-10(2)12(8-19-11(3)7-15(16,17)18)9-20-13(21)22-14(4,5)6/h10-12,19H,7-9H2,1-6H3,(H,20,21). The molecule has 0 aromatic heterocycles. The van der Waals surface area contributed by atoms with Gasteiger partial charge in [0.15, 0.2) is 0 Å². The fourth-order valence-corrected chi connectivity index (χ4v) is 1.84. The van der Waals surface area contributed by atoms with Crippen molar-refractivity contribution in [2.24, 2.45) is 11.8 Å². The van der Waals surface area contributed by atoms with Crippen LogP contribution < -0.4 is 10.6 Å². The van der Waals surface area contributed by atoms with Crippen LogP contribution in [0.25, 0.3) is 0 Å². The van der Waals surface area contributed by atoms with E-state index in [2.05, 4.69) is 10.6 Å². The molecule has 1 amide bonds. The smallest absolute Gasteiger partial charge is 0.407 e. The third kappa shape index (κ3) is 11.7. The summed E-state index contributed by atoms with van der Waals surface area (Å²) in [6, 6.07) is -0.650. The van der Waals surface area contributed by atoms with Crippen molar-refractivity contribution in [3.63, 3.8) is 0 Å². The Labute approximate surface area is 131 Å².